The zero-order chi connectivity index (χ0) is 17.3. The zero-order valence-corrected chi connectivity index (χ0v) is 16.1. The fraction of sp³-hybridized carbons (Fsp3) is 0.375. The van der Waals surface area contributed by atoms with Gasteiger partial charge in [0.2, 0.25) is 0 Å². The van der Waals surface area contributed by atoms with Crippen LogP contribution in [0.25, 0.3) is 0 Å². The molecule has 1 saturated heterocycles. The minimum atomic E-state index is -4.48. The van der Waals surface area contributed by atoms with E-state index in [-0.39, 0.29) is 23.5 Å². The number of benzene rings is 1. The number of nitrogens with zero attached hydrogens (tertiary/aromatic N) is 1. The molecule has 25 heavy (non-hydrogen) atoms. The molecule has 0 radical (unpaired) electrons. The largest absolute Gasteiger partial charge is 0.417 e. The van der Waals surface area contributed by atoms with Gasteiger partial charge in [0.1, 0.15) is 0 Å². The lowest BCUT2D eigenvalue weighted by molar-refractivity contribution is -0.137. The highest BCUT2D eigenvalue weighted by molar-refractivity contribution is 7.16. The molecule has 0 bridgehead atoms. The number of hydrogen-bond donors (Lipinski definition) is 1. The molecule has 1 aliphatic rings. The Morgan fingerprint density at radius 3 is 2.32 bits per heavy atom. The third-order valence-corrected chi connectivity index (χ3v) is 5.71. The minimum Gasteiger partial charge on any atom is -0.314 e. The normalized spacial score (nSPS) is 17.2. The molecule has 138 valence electrons. The van der Waals surface area contributed by atoms with E-state index >= 15 is 0 Å². The van der Waals surface area contributed by atoms with Gasteiger partial charge in [-0.05, 0) is 23.8 Å². The van der Waals surface area contributed by atoms with E-state index < -0.39 is 11.7 Å². The Morgan fingerprint density at radius 2 is 1.76 bits per heavy atom. The van der Waals surface area contributed by atoms with Crippen molar-refractivity contribution in [3.63, 3.8) is 0 Å². The van der Waals surface area contributed by atoms with Crippen molar-refractivity contribution in [3.05, 3.63) is 55.7 Å². The predicted molar refractivity (Wildman–Crippen MR) is 99.3 cm³/mol. The second kappa shape index (κ2) is 8.46. The molecule has 0 amide bonds. The molecule has 0 aliphatic carbocycles. The lowest BCUT2D eigenvalue weighted by Crippen LogP contribution is -2.45. The Kier molecular flexibility index (Phi) is 7.04. The zero-order valence-electron chi connectivity index (χ0n) is 12.9. The maximum Gasteiger partial charge on any atom is 0.417 e. The van der Waals surface area contributed by atoms with Crippen molar-refractivity contribution in [1.82, 2.24) is 10.2 Å². The van der Waals surface area contributed by atoms with E-state index in [1.54, 1.807) is 12.1 Å². The number of thiophene rings is 1. The van der Waals surface area contributed by atoms with Crippen molar-refractivity contribution >= 4 is 46.9 Å². The van der Waals surface area contributed by atoms with Gasteiger partial charge in [-0.2, -0.15) is 13.2 Å². The van der Waals surface area contributed by atoms with Crippen LogP contribution in [0.5, 0.6) is 0 Å². The Labute approximate surface area is 164 Å². The molecule has 1 aromatic heterocycles. The molecule has 0 spiro atoms. The summed E-state index contributed by atoms with van der Waals surface area (Å²) in [4.78, 5) is 3.03. The number of nitrogens with one attached hydrogen (secondary N) is 1. The summed E-state index contributed by atoms with van der Waals surface area (Å²) in [5.41, 5.74) is -0.337. The van der Waals surface area contributed by atoms with Crippen LogP contribution in [0.1, 0.15) is 22.0 Å². The van der Waals surface area contributed by atoms with Gasteiger partial charge in [-0.15, -0.1) is 23.7 Å². The summed E-state index contributed by atoms with van der Waals surface area (Å²) >= 11 is 13.6. The quantitative estimate of drug-likeness (QED) is 0.691. The molecule has 0 unspecified atom stereocenters. The fourth-order valence-electron chi connectivity index (χ4n) is 2.93. The maximum atomic E-state index is 13.2. The van der Waals surface area contributed by atoms with Crippen LogP contribution >= 0.6 is 46.9 Å². The maximum absolute atomic E-state index is 13.2. The lowest BCUT2D eigenvalue weighted by atomic mass is 10.00. The van der Waals surface area contributed by atoms with Crippen LogP contribution in [0.3, 0.4) is 0 Å². The van der Waals surface area contributed by atoms with Crippen LogP contribution < -0.4 is 5.32 Å². The highest BCUT2D eigenvalue weighted by atomic mass is 35.5. The van der Waals surface area contributed by atoms with Gasteiger partial charge in [0.05, 0.1) is 21.0 Å². The molecule has 3 rings (SSSR count). The third kappa shape index (κ3) is 4.62. The lowest BCUT2D eigenvalue weighted by Gasteiger charge is -2.35. The molecule has 1 fully saturated rings. The van der Waals surface area contributed by atoms with Crippen LogP contribution in [0.2, 0.25) is 9.36 Å². The highest BCUT2D eigenvalue weighted by Crippen LogP contribution is 2.43. The van der Waals surface area contributed by atoms with Gasteiger partial charge in [0.15, 0.2) is 0 Å². The first-order chi connectivity index (χ1) is 11.4. The van der Waals surface area contributed by atoms with Crippen LogP contribution in [0.15, 0.2) is 30.3 Å². The summed E-state index contributed by atoms with van der Waals surface area (Å²) in [6.45, 7) is 3.03. The van der Waals surface area contributed by atoms with Gasteiger partial charge in [-0.25, -0.2) is 0 Å². The average molecular weight is 432 g/mol. The topological polar surface area (TPSA) is 15.3 Å². The summed E-state index contributed by atoms with van der Waals surface area (Å²) in [6, 6.07) is 7.38. The number of halogens is 6. The summed E-state index contributed by atoms with van der Waals surface area (Å²) in [5.74, 6) is 0. The van der Waals surface area contributed by atoms with E-state index in [9.17, 15) is 13.2 Å². The van der Waals surface area contributed by atoms with Crippen molar-refractivity contribution in [2.45, 2.75) is 12.2 Å². The molecule has 2 aromatic rings. The molecule has 1 N–H and O–H groups in total. The Bertz CT molecular complexity index is 715. The average Bonchev–Trinajstić information content (AvgIpc) is 2.95. The number of alkyl halides is 3. The van der Waals surface area contributed by atoms with Gasteiger partial charge in [-0.3, -0.25) is 4.90 Å². The monoisotopic (exact) mass is 430 g/mol. The van der Waals surface area contributed by atoms with E-state index in [1.165, 1.54) is 17.4 Å². The fourth-order valence-corrected chi connectivity index (χ4v) is 4.48. The Hall–Kier alpha value is -0.500. The molecule has 1 aliphatic heterocycles. The Morgan fingerprint density at radius 1 is 1.08 bits per heavy atom. The van der Waals surface area contributed by atoms with Crippen LogP contribution in [-0.4, -0.2) is 31.1 Å². The molecule has 1 aromatic carbocycles. The molecule has 2 nitrogen and oxygen atoms in total. The summed E-state index contributed by atoms with van der Waals surface area (Å²) < 4.78 is 40.2. The summed E-state index contributed by atoms with van der Waals surface area (Å²) in [7, 11) is 0. The van der Waals surface area contributed by atoms with Gasteiger partial charge < -0.3 is 5.32 Å². The van der Waals surface area contributed by atoms with Gasteiger partial charge in [0, 0.05) is 31.1 Å². The highest BCUT2D eigenvalue weighted by Gasteiger charge is 2.36. The van der Waals surface area contributed by atoms with E-state index in [2.05, 4.69) is 10.2 Å². The molecule has 0 saturated carbocycles. The van der Waals surface area contributed by atoms with E-state index in [0.717, 1.165) is 37.1 Å². The number of hydrogen-bond acceptors (Lipinski definition) is 3. The van der Waals surface area contributed by atoms with Gasteiger partial charge >= 0.3 is 6.18 Å². The van der Waals surface area contributed by atoms with Crippen LogP contribution in [0, 0.1) is 0 Å². The molecular formula is C16H16Cl3F3N2S. The first kappa shape index (κ1) is 20.8. The van der Waals surface area contributed by atoms with E-state index in [4.69, 9.17) is 23.2 Å². The van der Waals surface area contributed by atoms with Crippen molar-refractivity contribution < 1.29 is 13.2 Å². The molecular weight excluding hydrogens is 416 g/mol. The van der Waals surface area contributed by atoms with Gasteiger partial charge in [-0.1, -0.05) is 35.3 Å². The summed E-state index contributed by atoms with van der Waals surface area (Å²) in [5, 5.41) is 3.01. The van der Waals surface area contributed by atoms with E-state index in [1.807, 2.05) is 6.07 Å². The molecule has 2 heterocycles. The van der Waals surface area contributed by atoms with Crippen molar-refractivity contribution in [1.29, 1.82) is 0 Å². The van der Waals surface area contributed by atoms with Crippen LogP contribution in [-0.2, 0) is 6.18 Å². The Balaban J connectivity index is 0.00000225. The van der Waals surface area contributed by atoms with Crippen molar-refractivity contribution in [2.75, 3.05) is 26.2 Å². The van der Waals surface area contributed by atoms with Crippen molar-refractivity contribution in [3.8, 4) is 0 Å². The number of rotatable bonds is 3. The SMILES string of the molecule is Cl.FC(F)(F)c1cccc([C@@H](c2ccc(Cl)s2)N2CCNCC2)c1Cl. The second-order valence-electron chi connectivity index (χ2n) is 5.54. The molecule has 1 atom stereocenters. The smallest absolute Gasteiger partial charge is 0.314 e. The van der Waals surface area contributed by atoms with Crippen molar-refractivity contribution in [2.24, 2.45) is 0 Å². The van der Waals surface area contributed by atoms with Gasteiger partial charge in [0.25, 0.3) is 0 Å². The number of piperazine rings is 1. The standard InChI is InChI=1S/C16H15Cl2F3N2S.ClH/c17-13-5-4-12(24-13)15(23-8-6-22-7-9-23)10-2-1-3-11(14(10)18)16(19,20)21;/h1-5,15,22H,6-9H2;1H/t15-;/m0./s1. The van der Waals surface area contributed by atoms with E-state index in [0.29, 0.717) is 9.90 Å². The first-order valence-electron chi connectivity index (χ1n) is 7.43. The van der Waals surface area contributed by atoms with Crippen LogP contribution in [0.4, 0.5) is 13.2 Å². The first-order valence-corrected chi connectivity index (χ1v) is 9.01. The molecule has 9 heteroatoms. The predicted octanol–water partition coefficient (Wildman–Crippen LogP) is 5.49. The second-order valence-corrected chi connectivity index (χ2v) is 7.66. The minimum absolute atomic E-state index is 0. The third-order valence-electron chi connectivity index (χ3n) is 4.01. The summed E-state index contributed by atoms with van der Waals surface area (Å²) in [6.07, 6.45) is -4.48.